The van der Waals surface area contributed by atoms with Crippen LogP contribution in [0.15, 0.2) is 12.2 Å². The van der Waals surface area contributed by atoms with Crippen molar-refractivity contribution in [2.24, 2.45) is 0 Å². The van der Waals surface area contributed by atoms with E-state index in [0.717, 1.165) is 12.8 Å². The van der Waals surface area contributed by atoms with Gasteiger partial charge in [-0.15, -0.1) is 0 Å². The van der Waals surface area contributed by atoms with Crippen molar-refractivity contribution >= 4 is 0 Å². The summed E-state index contributed by atoms with van der Waals surface area (Å²) in [7, 11) is 0. The Hall–Kier alpha value is -0.330. The summed E-state index contributed by atoms with van der Waals surface area (Å²) in [5.74, 6) is 0. The van der Waals surface area contributed by atoms with Crippen molar-refractivity contribution in [2.75, 3.05) is 6.67 Å². The second-order valence-electron chi connectivity index (χ2n) is 1.66. The molecule has 0 aromatic carbocycles. The molecule has 0 aliphatic heterocycles. The Morgan fingerprint density at radius 1 is 1.38 bits per heavy atom. The molecule has 47 valence electrons. The molecular weight excluding hydrogens is 103 g/mol. The average molecular weight is 115 g/mol. The quantitative estimate of drug-likeness (QED) is 0.494. The Morgan fingerprint density at radius 2 is 2.12 bits per heavy atom. The lowest BCUT2D eigenvalue weighted by molar-refractivity contribution is 0.463. The first-order valence-corrected chi connectivity index (χ1v) is 2.92. The lowest BCUT2D eigenvalue weighted by atomic mass is 10.2. The topological polar surface area (TPSA) is 0 Å². The third kappa shape index (κ3) is 5.67. The van der Waals surface area contributed by atoms with Gasteiger partial charge >= 0.3 is 0 Å². The highest BCUT2D eigenvalue weighted by molar-refractivity contribution is 4.83. The van der Waals surface area contributed by atoms with E-state index in [-0.39, 0.29) is 6.67 Å². The maximum Gasteiger partial charge on any atom is 0.0894 e. The predicted molar refractivity (Wildman–Crippen MR) is 34.3 cm³/mol. The van der Waals surface area contributed by atoms with Gasteiger partial charge in [0.05, 0.1) is 6.67 Å². The molecule has 0 amide bonds. The standard InChI is InChI=1S/C7H12F/c1-2-3-4-5-6-7-8/h2-3H,1,4-7H2/b3-2+. The predicted octanol–water partition coefficient (Wildman–Crippen LogP) is 2.52. The van der Waals surface area contributed by atoms with E-state index in [4.69, 9.17) is 0 Å². The van der Waals surface area contributed by atoms with Gasteiger partial charge < -0.3 is 0 Å². The summed E-state index contributed by atoms with van der Waals surface area (Å²) in [4.78, 5) is 0. The van der Waals surface area contributed by atoms with Crippen LogP contribution in [0.4, 0.5) is 4.39 Å². The Kier molecular flexibility index (Phi) is 6.39. The molecule has 0 atom stereocenters. The van der Waals surface area contributed by atoms with Gasteiger partial charge in [0.15, 0.2) is 0 Å². The molecule has 0 nitrogen and oxygen atoms in total. The summed E-state index contributed by atoms with van der Waals surface area (Å²) in [5.41, 5.74) is 0. The molecule has 0 N–H and O–H groups in total. The Labute approximate surface area is 50.4 Å². The number of alkyl halides is 1. The summed E-state index contributed by atoms with van der Waals surface area (Å²) in [6, 6.07) is 0. The van der Waals surface area contributed by atoms with Crippen LogP contribution in [0.25, 0.3) is 0 Å². The van der Waals surface area contributed by atoms with Crippen molar-refractivity contribution in [2.45, 2.75) is 19.3 Å². The van der Waals surface area contributed by atoms with Crippen molar-refractivity contribution in [3.63, 3.8) is 0 Å². The smallest absolute Gasteiger partial charge is 0.0894 e. The second-order valence-corrected chi connectivity index (χ2v) is 1.66. The van der Waals surface area contributed by atoms with E-state index < -0.39 is 0 Å². The van der Waals surface area contributed by atoms with E-state index in [0.29, 0.717) is 6.42 Å². The van der Waals surface area contributed by atoms with Crippen LogP contribution in [0.3, 0.4) is 0 Å². The van der Waals surface area contributed by atoms with Crippen LogP contribution in [-0.2, 0) is 0 Å². The van der Waals surface area contributed by atoms with Crippen molar-refractivity contribution in [3.05, 3.63) is 19.1 Å². The lowest BCUT2D eigenvalue weighted by Crippen LogP contribution is -1.73. The summed E-state index contributed by atoms with van der Waals surface area (Å²) in [5, 5.41) is 0. The first kappa shape index (κ1) is 7.67. The Balaban J connectivity index is 2.72. The first-order valence-electron chi connectivity index (χ1n) is 2.92. The second kappa shape index (κ2) is 6.67. The number of allylic oxidation sites excluding steroid dienone is 2. The highest BCUT2D eigenvalue weighted by atomic mass is 19.1. The molecule has 8 heavy (non-hydrogen) atoms. The molecule has 1 heteroatoms. The van der Waals surface area contributed by atoms with Crippen LogP contribution >= 0.6 is 0 Å². The molecule has 0 saturated carbocycles. The Morgan fingerprint density at radius 3 is 2.62 bits per heavy atom. The molecule has 0 fully saturated rings. The van der Waals surface area contributed by atoms with Gasteiger partial charge in [0.25, 0.3) is 0 Å². The van der Waals surface area contributed by atoms with E-state index in [1.54, 1.807) is 6.08 Å². The maximum atomic E-state index is 11.4. The molecule has 0 bridgehead atoms. The zero-order valence-electron chi connectivity index (χ0n) is 5.07. The molecule has 0 heterocycles. The number of halogens is 1. The largest absolute Gasteiger partial charge is 0.251 e. The van der Waals surface area contributed by atoms with Crippen LogP contribution in [0.1, 0.15) is 19.3 Å². The van der Waals surface area contributed by atoms with Gasteiger partial charge in [-0.1, -0.05) is 12.2 Å². The highest BCUT2D eigenvalue weighted by Crippen LogP contribution is 1.95. The number of rotatable bonds is 4. The number of hydrogen-bond acceptors (Lipinski definition) is 0. The van der Waals surface area contributed by atoms with Gasteiger partial charge in [0, 0.05) is 0 Å². The van der Waals surface area contributed by atoms with Gasteiger partial charge in [0.2, 0.25) is 0 Å². The van der Waals surface area contributed by atoms with E-state index >= 15 is 0 Å². The molecule has 0 unspecified atom stereocenters. The van der Waals surface area contributed by atoms with Gasteiger partial charge in [-0.05, 0) is 26.2 Å². The van der Waals surface area contributed by atoms with Crippen molar-refractivity contribution in [3.8, 4) is 0 Å². The molecular formula is C7H12F. The summed E-state index contributed by atoms with van der Waals surface area (Å²) >= 11 is 0. The molecule has 0 aliphatic carbocycles. The van der Waals surface area contributed by atoms with Crippen LogP contribution in [-0.4, -0.2) is 6.67 Å². The molecule has 0 aromatic rings. The van der Waals surface area contributed by atoms with Crippen LogP contribution in [0.5, 0.6) is 0 Å². The fourth-order valence-corrected chi connectivity index (χ4v) is 0.475. The average Bonchev–Trinajstić information content (AvgIpc) is 1.81. The van der Waals surface area contributed by atoms with E-state index in [1.165, 1.54) is 0 Å². The first-order chi connectivity index (χ1) is 3.91. The molecule has 0 saturated heterocycles. The minimum absolute atomic E-state index is 0.190. The SMILES string of the molecule is [CH2]/C=C/CCCCF. The monoisotopic (exact) mass is 115 g/mol. The van der Waals surface area contributed by atoms with Crippen LogP contribution in [0, 0.1) is 6.92 Å². The molecule has 0 aromatic heterocycles. The third-order valence-corrected chi connectivity index (χ3v) is 0.921. The highest BCUT2D eigenvalue weighted by Gasteiger charge is 1.80. The molecule has 0 spiro atoms. The normalized spacial score (nSPS) is 10.8. The van der Waals surface area contributed by atoms with Gasteiger partial charge in [-0.3, -0.25) is 4.39 Å². The maximum absolute atomic E-state index is 11.4. The van der Waals surface area contributed by atoms with E-state index in [9.17, 15) is 4.39 Å². The van der Waals surface area contributed by atoms with E-state index in [2.05, 4.69) is 6.92 Å². The van der Waals surface area contributed by atoms with E-state index in [1.807, 2.05) is 6.08 Å². The molecule has 0 aliphatic rings. The zero-order chi connectivity index (χ0) is 6.24. The third-order valence-electron chi connectivity index (χ3n) is 0.921. The van der Waals surface area contributed by atoms with Crippen molar-refractivity contribution < 1.29 is 4.39 Å². The zero-order valence-corrected chi connectivity index (χ0v) is 5.07. The lowest BCUT2D eigenvalue weighted by Gasteiger charge is -1.87. The van der Waals surface area contributed by atoms with Crippen LogP contribution in [0.2, 0.25) is 0 Å². The molecule has 0 rings (SSSR count). The fraction of sp³-hybridized carbons (Fsp3) is 0.571. The summed E-state index contributed by atoms with van der Waals surface area (Å²) in [6.45, 7) is 3.32. The minimum atomic E-state index is -0.190. The van der Waals surface area contributed by atoms with Gasteiger partial charge in [-0.25, -0.2) is 0 Å². The fourth-order valence-electron chi connectivity index (χ4n) is 0.475. The number of unbranched alkanes of at least 4 members (excludes halogenated alkanes) is 2. The van der Waals surface area contributed by atoms with Crippen molar-refractivity contribution in [1.82, 2.24) is 0 Å². The number of hydrogen-bond donors (Lipinski definition) is 0. The Bertz CT molecular complexity index is 57.4. The van der Waals surface area contributed by atoms with Gasteiger partial charge in [0.1, 0.15) is 0 Å². The molecule has 1 radical (unpaired) electrons. The van der Waals surface area contributed by atoms with Gasteiger partial charge in [-0.2, -0.15) is 0 Å². The van der Waals surface area contributed by atoms with Crippen molar-refractivity contribution in [1.29, 1.82) is 0 Å². The summed E-state index contributed by atoms with van der Waals surface area (Å²) in [6.07, 6.45) is 6.30. The van der Waals surface area contributed by atoms with Crippen LogP contribution < -0.4 is 0 Å². The minimum Gasteiger partial charge on any atom is -0.251 e. The summed E-state index contributed by atoms with van der Waals surface area (Å²) < 4.78 is 11.4.